The number of fused-ring (bicyclic) bond motifs is 5. The molecule has 2 bridgehead atoms. The maximum Gasteiger partial charge on any atom is 0.174 e. The minimum absolute atomic E-state index is 0.0375. The normalized spacial score (nSPS) is 51.8. The average Bonchev–Trinajstić information content (AvgIpc) is 2.51. The first kappa shape index (κ1) is 17.7. The summed E-state index contributed by atoms with van der Waals surface area (Å²) < 4.78 is 5.61. The molecule has 0 radical (unpaired) electrons. The molecule has 1 heterocycles. The third-order valence-corrected chi connectivity index (χ3v) is 8.24. The molecule has 7 atom stereocenters. The Labute approximate surface area is 149 Å². The predicted octanol–water partition coefficient (Wildman–Crippen LogP) is 1.59. The summed E-state index contributed by atoms with van der Waals surface area (Å²) in [4.78, 5) is 13.4. The Morgan fingerprint density at radius 1 is 1.20 bits per heavy atom. The van der Waals surface area contributed by atoms with Crippen molar-refractivity contribution in [1.82, 2.24) is 0 Å². The lowest BCUT2D eigenvalue weighted by Gasteiger charge is -2.61. The van der Waals surface area contributed by atoms with Crippen LogP contribution in [0.25, 0.3) is 0 Å². The van der Waals surface area contributed by atoms with E-state index in [1.54, 1.807) is 6.92 Å². The van der Waals surface area contributed by atoms with E-state index in [-0.39, 0.29) is 23.7 Å². The van der Waals surface area contributed by atoms with Crippen molar-refractivity contribution in [2.45, 2.75) is 77.3 Å². The molecule has 0 aromatic carbocycles. The number of ether oxygens (including phenoxy) is 1. The fourth-order valence-corrected chi connectivity index (χ4v) is 6.18. The lowest BCUT2D eigenvalue weighted by molar-refractivity contribution is -0.241. The number of carbonyl (C=O) groups excluding carboxylic acids is 1. The van der Waals surface area contributed by atoms with Crippen molar-refractivity contribution in [2.75, 3.05) is 6.61 Å². The first-order valence-electron chi connectivity index (χ1n) is 9.48. The van der Waals surface area contributed by atoms with Crippen molar-refractivity contribution >= 4 is 5.78 Å². The van der Waals surface area contributed by atoms with Crippen LogP contribution in [0.5, 0.6) is 0 Å². The number of carbonyl (C=O) groups is 1. The SMILES string of the molecule is CC1=C2C(O)C(=O)[C@]3(C)C(O)CC4OC[C@H]4C3C[C@](O)(CC1)C2(C)C. The van der Waals surface area contributed by atoms with E-state index in [1.807, 2.05) is 20.8 Å². The molecule has 5 nitrogen and oxygen atoms in total. The van der Waals surface area contributed by atoms with Gasteiger partial charge in [0.15, 0.2) is 5.78 Å². The molecule has 140 valence electrons. The molecule has 0 spiro atoms. The van der Waals surface area contributed by atoms with E-state index in [2.05, 4.69) is 0 Å². The number of aliphatic hydroxyl groups excluding tert-OH is 2. The molecule has 5 heteroatoms. The molecule has 3 fully saturated rings. The third-order valence-electron chi connectivity index (χ3n) is 8.24. The zero-order valence-electron chi connectivity index (χ0n) is 15.6. The van der Waals surface area contributed by atoms with E-state index in [4.69, 9.17) is 4.74 Å². The number of ketones is 1. The van der Waals surface area contributed by atoms with E-state index >= 15 is 0 Å². The van der Waals surface area contributed by atoms with Gasteiger partial charge in [-0.25, -0.2) is 0 Å². The fraction of sp³-hybridized carbons (Fsp3) is 0.850. The van der Waals surface area contributed by atoms with Gasteiger partial charge < -0.3 is 20.1 Å². The smallest absolute Gasteiger partial charge is 0.174 e. The number of hydrogen-bond donors (Lipinski definition) is 3. The van der Waals surface area contributed by atoms with E-state index in [1.165, 1.54) is 0 Å². The van der Waals surface area contributed by atoms with E-state index in [0.29, 0.717) is 37.9 Å². The van der Waals surface area contributed by atoms with E-state index in [0.717, 1.165) is 5.57 Å². The highest BCUT2D eigenvalue weighted by Gasteiger charge is 2.65. The van der Waals surface area contributed by atoms with Crippen LogP contribution >= 0.6 is 0 Å². The van der Waals surface area contributed by atoms with Crippen LogP contribution in [-0.2, 0) is 9.53 Å². The second kappa shape index (κ2) is 5.16. The van der Waals surface area contributed by atoms with Gasteiger partial charge in [0, 0.05) is 17.8 Å². The lowest BCUT2D eigenvalue weighted by atomic mass is 9.47. The summed E-state index contributed by atoms with van der Waals surface area (Å²) in [5.74, 6) is -0.305. The van der Waals surface area contributed by atoms with Crippen molar-refractivity contribution in [2.24, 2.45) is 22.7 Å². The van der Waals surface area contributed by atoms with Crippen LogP contribution in [0.15, 0.2) is 11.1 Å². The zero-order chi connectivity index (χ0) is 18.4. The molecular weight excluding hydrogens is 320 g/mol. The molecule has 3 N–H and O–H groups in total. The summed E-state index contributed by atoms with van der Waals surface area (Å²) in [5, 5.41) is 33.5. The number of allylic oxidation sites excluding steroid dienone is 1. The number of Topliss-reactive ketones (excluding diaryl/α,β-unsaturated/α-hetero) is 1. The van der Waals surface area contributed by atoms with Gasteiger partial charge in [0.1, 0.15) is 6.10 Å². The topological polar surface area (TPSA) is 87.0 Å². The molecule has 4 aliphatic rings. The van der Waals surface area contributed by atoms with Crippen LogP contribution in [0, 0.1) is 22.7 Å². The van der Waals surface area contributed by atoms with Gasteiger partial charge in [0.2, 0.25) is 0 Å². The minimum Gasteiger partial charge on any atom is -0.392 e. The maximum atomic E-state index is 13.4. The summed E-state index contributed by atoms with van der Waals surface area (Å²) >= 11 is 0. The molecule has 25 heavy (non-hydrogen) atoms. The standard InChI is InChI=1S/C20H30O5/c1-10-5-6-20(24)8-12-11-9-25-13(11)7-14(21)19(12,4)17(23)16(22)15(10)18(20,2)3/h11-14,16,21-22,24H,5-9H2,1-4H3/t11-,12?,13?,14?,16?,19-,20+/m0/s1. The number of aliphatic hydroxyl groups is 3. The minimum atomic E-state index is -1.26. The second-order valence-corrected chi connectivity index (χ2v) is 9.50. The first-order valence-corrected chi connectivity index (χ1v) is 9.48. The van der Waals surface area contributed by atoms with Gasteiger partial charge in [-0.3, -0.25) is 4.79 Å². The monoisotopic (exact) mass is 350 g/mol. The fourth-order valence-electron chi connectivity index (χ4n) is 6.18. The molecule has 1 saturated heterocycles. The van der Waals surface area contributed by atoms with Gasteiger partial charge in [0.25, 0.3) is 0 Å². The van der Waals surface area contributed by atoms with Crippen molar-refractivity contribution in [3.8, 4) is 0 Å². The van der Waals surface area contributed by atoms with Crippen LogP contribution in [0.4, 0.5) is 0 Å². The summed E-state index contributed by atoms with van der Waals surface area (Å²) in [7, 11) is 0. The van der Waals surface area contributed by atoms with Crippen LogP contribution in [0.3, 0.4) is 0 Å². The molecule has 1 aliphatic heterocycles. The Kier molecular flexibility index (Phi) is 3.64. The zero-order valence-corrected chi connectivity index (χ0v) is 15.6. The van der Waals surface area contributed by atoms with Crippen molar-refractivity contribution in [1.29, 1.82) is 0 Å². The number of rotatable bonds is 0. The van der Waals surface area contributed by atoms with Gasteiger partial charge >= 0.3 is 0 Å². The first-order chi connectivity index (χ1) is 11.5. The van der Waals surface area contributed by atoms with E-state index < -0.39 is 28.6 Å². The van der Waals surface area contributed by atoms with Crippen LogP contribution in [0.2, 0.25) is 0 Å². The van der Waals surface area contributed by atoms with Crippen molar-refractivity contribution in [3.05, 3.63) is 11.1 Å². The molecule has 0 aromatic rings. The predicted molar refractivity (Wildman–Crippen MR) is 91.7 cm³/mol. The Morgan fingerprint density at radius 3 is 2.48 bits per heavy atom. The molecule has 0 amide bonds. The van der Waals surface area contributed by atoms with Gasteiger partial charge in [-0.2, -0.15) is 0 Å². The van der Waals surface area contributed by atoms with Crippen LogP contribution in [0.1, 0.15) is 53.4 Å². The maximum absolute atomic E-state index is 13.4. The van der Waals surface area contributed by atoms with Gasteiger partial charge in [-0.1, -0.05) is 19.4 Å². The third kappa shape index (κ3) is 2.01. The Hall–Kier alpha value is -0.750. The van der Waals surface area contributed by atoms with Crippen molar-refractivity contribution in [3.63, 3.8) is 0 Å². The van der Waals surface area contributed by atoms with Gasteiger partial charge in [-0.05, 0) is 44.6 Å². The van der Waals surface area contributed by atoms with Gasteiger partial charge in [0.05, 0.1) is 29.8 Å². The number of hydrogen-bond acceptors (Lipinski definition) is 5. The largest absolute Gasteiger partial charge is 0.392 e. The summed E-state index contributed by atoms with van der Waals surface area (Å²) in [5.41, 5.74) is -1.06. The highest BCUT2D eigenvalue weighted by molar-refractivity contribution is 5.92. The molecule has 4 rings (SSSR count). The summed E-state index contributed by atoms with van der Waals surface area (Å²) in [6.45, 7) is 8.19. The quantitative estimate of drug-likeness (QED) is 0.578. The highest BCUT2D eigenvalue weighted by atomic mass is 16.5. The Balaban J connectivity index is 1.90. The van der Waals surface area contributed by atoms with Crippen LogP contribution in [-0.4, -0.2) is 51.6 Å². The highest BCUT2D eigenvalue weighted by Crippen LogP contribution is 2.60. The second-order valence-electron chi connectivity index (χ2n) is 9.50. The molecule has 4 unspecified atom stereocenters. The molecular formula is C20H30O5. The molecule has 3 aliphatic carbocycles. The Morgan fingerprint density at radius 2 is 1.88 bits per heavy atom. The summed E-state index contributed by atoms with van der Waals surface area (Å²) in [6, 6.07) is 0. The van der Waals surface area contributed by atoms with E-state index in [9.17, 15) is 20.1 Å². The van der Waals surface area contributed by atoms with Gasteiger partial charge in [-0.15, -0.1) is 0 Å². The molecule has 2 saturated carbocycles. The summed E-state index contributed by atoms with van der Waals surface area (Å²) in [6.07, 6.45) is 0.0513. The van der Waals surface area contributed by atoms with Crippen LogP contribution < -0.4 is 0 Å². The molecule has 0 aromatic heterocycles. The Bertz CT molecular complexity index is 652. The lowest BCUT2D eigenvalue weighted by Crippen LogP contribution is -2.68. The van der Waals surface area contributed by atoms with Crippen molar-refractivity contribution < 1.29 is 24.9 Å². The average molecular weight is 350 g/mol.